The van der Waals surface area contributed by atoms with Crippen molar-refractivity contribution < 1.29 is 4.79 Å². The van der Waals surface area contributed by atoms with Gasteiger partial charge < -0.3 is 10.2 Å². The minimum atomic E-state index is 0. The van der Waals surface area contributed by atoms with Crippen molar-refractivity contribution in [3.05, 3.63) is 33.8 Å². The number of piperazine rings is 1. The van der Waals surface area contributed by atoms with E-state index in [-0.39, 0.29) is 24.4 Å². The van der Waals surface area contributed by atoms with Crippen LogP contribution in [0.25, 0.3) is 0 Å². The van der Waals surface area contributed by atoms with Gasteiger partial charge in [-0.1, -0.05) is 29.3 Å². The molecule has 118 valence electrons. The van der Waals surface area contributed by atoms with Gasteiger partial charge in [-0.05, 0) is 38.0 Å². The summed E-state index contributed by atoms with van der Waals surface area (Å²) in [6.45, 7) is 5.84. The standard InChI is InChI=1S/C15H20Cl2N2O.ClH/c1-10-11(2)19(8-7-18-10)15(20)6-4-12-3-5-13(16)9-14(12)17;/h3,5,9-11,18H,4,6-8H2,1-2H3;1H. The van der Waals surface area contributed by atoms with Crippen LogP contribution in [0.15, 0.2) is 18.2 Å². The number of benzene rings is 1. The number of nitrogens with zero attached hydrogens (tertiary/aromatic N) is 1. The fourth-order valence-corrected chi connectivity index (χ4v) is 3.02. The van der Waals surface area contributed by atoms with Crippen LogP contribution in [0.2, 0.25) is 10.0 Å². The third-order valence-electron chi connectivity index (χ3n) is 3.98. The number of nitrogens with one attached hydrogen (secondary N) is 1. The summed E-state index contributed by atoms with van der Waals surface area (Å²) >= 11 is 12.0. The molecule has 1 aromatic carbocycles. The van der Waals surface area contributed by atoms with E-state index in [0.29, 0.717) is 28.9 Å². The first-order chi connectivity index (χ1) is 9.49. The minimum absolute atomic E-state index is 0. The molecule has 1 aliphatic rings. The Kier molecular flexibility index (Phi) is 7.28. The Balaban J connectivity index is 0.00000220. The largest absolute Gasteiger partial charge is 0.337 e. The highest BCUT2D eigenvalue weighted by Crippen LogP contribution is 2.22. The van der Waals surface area contributed by atoms with Crippen molar-refractivity contribution in [2.75, 3.05) is 13.1 Å². The summed E-state index contributed by atoms with van der Waals surface area (Å²) in [5.41, 5.74) is 0.972. The zero-order chi connectivity index (χ0) is 14.7. The third-order valence-corrected chi connectivity index (χ3v) is 4.56. The molecule has 0 radical (unpaired) electrons. The first kappa shape index (κ1) is 18.6. The van der Waals surface area contributed by atoms with E-state index in [1.807, 2.05) is 17.0 Å². The van der Waals surface area contributed by atoms with Gasteiger partial charge >= 0.3 is 0 Å². The molecule has 1 aliphatic heterocycles. The summed E-state index contributed by atoms with van der Waals surface area (Å²) in [5, 5.41) is 4.63. The van der Waals surface area contributed by atoms with E-state index in [1.54, 1.807) is 6.07 Å². The second kappa shape index (κ2) is 8.23. The van der Waals surface area contributed by atoms with E-state index in [1.165, 1.54) is 0 Å². The predicted octanol–water partition coefficient (Wildman–Crippen LogP) is 3.56. The second-order valence-electron chi connectivity index (χ2n) is 5.31. The summed E-state index contributed by atoms with van der Waals surface area (Å²) in [6.07, 6.45) is 1.14. The molecule has 0 saturated carbocycles. The molecular formula is C15H21Cl3N2O. The summed E-state index contributed by atoms with van der Waals surface area (Å²) in [7, 11) is 0. The molecule has 1 fully saturated rings. The first-order valence-electron chi connectivity index (χ1n) is 6.96. The van der Waals surface area contributed by atoms with Gasteiger partial charge in [0.2, 0.25) is 5.91 Å². The van der Waals surface area contributed by atoms with E-state index in [9.17, 15) is 4.79 Å². The maximum absolute atomic E-state index is 12.3. The lowest BCUT2D eigenvalue weighted by Crippen LogP contribution is -2.57. The van der Waals surface area contributed by atoms with Crippen molar-refractivity contribution in [1.29, 1.82) is 0 Å². The van der Waals surface area contributed by atoms with Crippen molar-refractivity contribution in [2.45, 2.75) is 38.8 Å². The normalized spacial score (nSPS) is 21.8. The van der Waals surface area contributed by atoms with Crippen LogP contribution in [0, 0.1) is 0 Å². The Bertz CT molecular complexity index is 496. The summed E-state index contributed by atoms with van der Waals surface area (Å²) in [4.78, 5) is 14.3. The van der Waals surface area contributed by atoms with E-state index in [4.69, 9.17) is 23.2 Å². The average molecular weight is 352 g/mol. The van der Waals surface area contributed by atoms with Gasteiger partial charge in [0, 0.05) is 41.6 Å². The monoisotopic (exact) mass is 350 g/mol. The Morgan fingerprint density at radius 3 is 2.76 bits per heavy atom. The molecule has 0 aromatic heterocycles. The molecule has 1 heterocycles. The fraction of sp³-hybridized carbons (Fsp3) is 0.533. The highest BCUT2D eigenvalue weighted by molar-refractivity contribution is 6.35. The quantitative estimate of drug-likeness (QED) is 0.903. The number of hydrogen-bond donors (Lipinski definition) is 1. The molecule has 2 rings (SSSR count). The fourth-order valence-electron chi connectivity index (χ4n) is 2.52. The van der Waals surface area contributed by atoms with Crippen LogP contribution in [0.3, 0.4) is 0 Å². The highest BCUT2D eigenvalue weighted by atomic mass is 35.5. The van der Waals surface area contributed by atoms with Crippen LogP contribution in [0.1, 0.15) is 25.8 Å². The van der Waals surface area contributed by atoms with Gasteiger partial charge in [0.25, 0.3) is 0 Å². The number of aryl methyl sites for hydroxylation is 1. The molecule has 1 aromatic rings. The van der Waals surface area contributed by atoms with Gasteiger partial charge in [0.05, 0.1) is 0 Å². The van der Waals surface area contributed by atoms with Crippen molar-refractivity contribution >= 4 is 41.5 Å². The van der Waals surface area contributed by atoms with E-state index >= 15 is 0 Å². The molecule has 21 heavy (non-hydrogen) atoms. The lowest BCUT2D eigenvalue weighted by atomic mass is 10.0. The number of amides is 1. The molecule has 3 nitrogen and oxygen atoms in total. The maximum Gasteiger partial charge on any atom is 0.223 e. The zero-order valence-electron chi connectivity index (χ0n) is 12.2. The Morgan fingerprint density at radius 2 is 2.10 bits per heavy atom. The molecule has 0 aliphatic carbocycles. The van der Waals surface area contributed by atoms with Gasteiger partial charge in [-0.15, -0.1) is 12.4 Å². The van der Waals surface area contributed by atoms with Crippen molar-refractivity contribution in [2.24, 2.45) is 0 Å². The van der Waals surface area contributed by atoms with E-state index in [2.05, 4.69) is 19.2 Å². The smallest absolute Gasteiger partial charge is 0.223 e. The number of rotatable bonds is 3. The van der Waals surface area contributed by atoms with Gasteiger partial charge in [-0.3, -0.25) is 4.79 Å². The highest BCUT2D eigenvalue weighted by Gasteiger charge is 2.27. The van der Waals surface area contributed by atoms with Crippen molar-refractivity contribution in [1.82, 2.24) is 10.2 Å². The topological polar surface area (TPSA) is 32.3 Å². The molecule has 0 spiro atoms. The molecule has 1 amide bonds. The van der Waals surface area contributed by atoms with Gasteiger partial charge in [0.1, 0.15) is 0 Å². The molecule has 1 N–H and O–H groups in total. The SMILES string of the molecule is CC1NCCN(C(=O)CCc2ccc(Cl)cc2Cl)C1C.Cl. The minimum Gasteiger partial charge on any atom is -0.337 e. The van der Waals surface area contributed by atoms with Crippen LogP contribution >= 0.6 is 35.6 Å². The van der Waals surface area contributed by atoms with Crippen LogP contribution in [0.5, 0.6) is 0 Å². The van der Waals surface area contributed by atoms with Crippen molar-refractivity contribution in [3.8, 4) is 0 Å². The Labute approximate surface area is 142 Å². The zero-order valence-corrected chi connectivity index (χ0v) is 14.6. The molecule has 6 heteroatoms. The lowest BCUT2D eigenvalue weighted by Gasteiger charge is -2.38. The van der Waals surface area contributed by atoms with Crippen LogP contribution in [-0.2, 0) is 11.2 Å². The van der Waals surface area contributed by atoms with Crippen LogP contribution in [-0.4, -0.2) is 36.0 Å². The summed E-state index contributed by atoms with van der Waals surface area (Å²) in [6, 6.07) is 5.99. The molecule has 0 bridgehead atoms. The Hall–Kier alpha value is -0.480. The number of halogens is 3. The van der Waals surface area contributed by atoms with E-state index < -0.39 is 0 Å². The summed E-state index contributed by atoms with van der Waals surface area (Å²) in [5.74, 6) is 0.192. The number of hydrogen-bond acceptors (Lipinski definition) is 2. The number of carbonyl (C=O) groups is 1. The van der Waals surface area contributed by atoms with Crippen molar-refractivity contribution in [3.63, 3.8) is 0 Å². The van der Waals surface area contributed by atoms with Gasteiger partial charge in [-0.2, -0.15) is 0 Å². The van der Waals surface area contributed by atoms with Crippen LogP contribution < -0.4 is 5.32 Å². The third kappa shape index (κ3) is 4.75. The Morgan fingerprint density at radius 1 is 1.38 bits per heavy atom. The molecule has 1 saturated heterocycles. The lowest BCUT2D eigenvalue weighted by molar-refractivity contribution is -0.134. The average Bonchev–Trinajstić information content (AvgIpc) is 2.40. The molecular weight excluding hydrogens is 331 g/mol. The van der Waals surface area contributed by atoms with Gasteiger partial charge in [0.15, 0.2) is 0 Å². The summed E-state index contributed by atoms with van der Waals surface area (Å²) < 4.78 is 0. The number of carbonyl (C=O) groups excluding carboxylic acids is 1. The predicted molar refractivity (Wildman–Crippen MR) is 90.7 cm³/mol. The molecule has 2 unspecified atom stereocenters. The first-order valence-corrected chi connectivity index (χ1v) is 7.71. The van der Waals surface area contributed by atoms with Crippen LogP contribution in [0.4, 0.5) is 0 Å². The van der Waals surface area contributed by atoms with E-state index in [0.717, 1.165) is 18.7 Å². The van der Waals surface area contributed by atoms with Gasteiger partial charge in [-0.25, -0.2) is 0 Å². The second-order valence-corrected chi connectivity index (χ2v) is 6.15. The maximum atomic E-state index is 12.3. The molecule has 2 atom stereocenters.